The number of carbonyl (C=O) groups excluding carboxylic acids is 1. The van der Waals surface area contributed by atoms with Gasteiger partial charge in [-0.2, -0.15) is 0 Å². The number of benzene rings is 2. The molecule has 0 spiro atoms. The number of fused-ring (bicyclic) bond motifs is 1. The van der Waals surface area contributed by atoms with Gasteiger partial charge in [-0.25, -0.2) is 9.59 Å². The molecule has 1 unspecified atom stereocenters. The maximum atomic E-state index is 13.0. The third-order valence-corrected chi connectivity index (χ3v) is 6.28. The third-order valence-electron chi connectivity index (χ3n) is 6.28. The highest BCUT2D eigenvalue weighted by Crippen LogP contribution is 2.27. The molecule has 3 rings (SSSR count). The first-order valence-electron chi connectivity index (χ1n) is 12.8. The van der Waals surface area contributed by atoms with Crippen molar-refractivity contribution < 1.29 is 28.9 Å². The number of ether oxygens (including phenoxy) is 3. The second kappa shape index (κ2) is 12.8. The number of carboxylic acid groups (broad SMARTS) is 1. The second-order valence-corrected chi connectivity index (χ2v) is 10.4. The van der Waals surface area contributed by atoms with Crippen molar-refractivity contribution in [3.8, 4) is 11.5 Å². The van der Waals surface area contributed by atoms with Gasteiger partial charge in [0.2, 0.25) is 0 Å². The first-order chi connectivity index (χ1) is 17.1. The number of carboxylic acids is 1. The fourth-order valence-corrected chi connectivity index (χ4v) is 4.17. The number of hydrogen-bond acceptors (Lipinski definition) is 5. The molecule has 0 fully saturated rings. The Bertz CT molecular complexity index is 1010. The van der Waals surface area contributed by atoms with Gasteiger partial charge in [-0.15, -0.1) is 0 Å². The molecule has 2 aromatic rings. The van der Waals surface area contributed by atoms with Crippen molar-refractivity contribution in [1.29, 1.82) is 0 Å². The number of amides is 1. The molecule has 1 amide bonds. The van der Waals surface area contributed by atoms with Crippen LogP contribution in [0.1, 0.15) is 57.2 Å². The Kier molecular flexibility index (Phi) is 9.76. The number of carbonyl (C=O) groups is 2. The summed E-state index contributed by atoms with van der Waals surface area (Å²) in [5.74, 6) is 0.272. The lowest BCUT2D eigenvalue weighted by Crippen LogP contribution is -2.38. The molecule has 0 saturated heterocycles. The first-order valence-corrected chi connectivity index (χ1v) is 12.8. The lowest BCUT2D eigenvalue weighted by Gasteiger charge is -2.26. The summed E-state index contributed by atoms with van der Waals surface area (Å²) in [6, 6.07) is 13.2. The maximum absolute atomic E-state index is 13.0. The molecular weight excluding hydrogens is 458 g/mol. The van der Waals surface area contributed by atoms with Gasteiger partial charge in [-0.05, 0) is 79.0 Å². The van der Waals surface area contributed by atoms with Crippen LogP contribution in [0.5, 0.6) is 11.5 Å². The summed E-state index contributed by atoms with van der Waals surface area (Å²) in [6.07, 6.45) is 3.16. The van der Waals surface area contributed by atoms with Gasteiger partial charge in [0.05, 0.1) is 6.54 Å². The number of nitrogens with zero attached hydrogens (tertiary/aromatic N) is 1. The van der Waals surface area contributed by atoms with Crippen molar-refractivity contribution in [3.05, 3.63) is 59.2 Å². The van der Waals surface area contributed by atoms with Crippen LogP contribution < -0.4 is 9.47 Å². The fourth-order valence-electron chi connectivity index (χ4n) is 4.17. The zero-order chi connectivity index (χ0) is 26.1. The van der Waals surface area contributed by atoms with Gasteiger partial charge in [0.25, 0.3) is 0 Å². The van der Waals surface area contributed by atoms with Crippen LogP contribution in [0.15, 0.2) is 42.5 Å². The molecule has 1 aliphatic rings. The summed E-state index contributed by atoms with van der Waals surface area (Å²) < 4.78 is 16.9. The number of aryl methyl sites for hydroxylation is 2. The van der Waals surface area contributed by atoms with Crippen LogP contribution in [0.25, 0.3) is 0 Å². The van der Waals surface area contributed by atoms with Gasteiger partial charge in [0.1, 0.15) is 18.1 Å². The molecule has 0 heterocycles. The van der Waals surface area contributed by atoms with Crippen LogP contribution in [-0.4, -0.2) is 54.5 Å². The van der Waals surface area contributed by atoms with Crippen LogP contribution in [0, 0.1) is 5.41 Å². The predicted molar refractivity (Wildman–Crippen MR) is 139 cm³/mol. The second-order valence-electron chi connectivity index (χ2n) is 10.4. The van der Waals surface area contributed by atoms with Gasteiger partial charge in [0.15, 0.2) is 6.10 Å². The van der Waals surface area contributed by atoms with Crippen LogP contribution in [0.2, 0.25) is 0 Å². The third kappa shape index (κ3) is 8.55. The maximum Gasteiger partial charge on any atom is 0.415 e. The topological polar surface area (TPSA) is 85.3 Å². The number of hydrogen-bond donors (Lipinski definition) is 1. The van der Waals surface area contributed by atoms with E-state index in [2.05, 4.69) is 26.8 Å². The zero-order valence-corrected chi connectivity index (χ0v) is 21.9. The summed E-state index contributed by atoms with van der Waals surface area (Å²) in [4.78, 5) is 26.0. The fraction of sp³-hybridized carbons (Fsp3) is 0.517. The molecule has 36 heavy (non-hydrogen) atoms. The van der Waals surface area contributed by atoms with Crippen molar-refractivity contribution in [3.63, 3.8) is 0 Å². The molecular formula is C29H39NO6. The van der Waals surface area contributed by atoms with Gasteiger partial charge >= 0.3 is 12.1 Å². The highest BCUT2D eigenvalue weighted by molar-refractivity contribution is 5.72. The Morgan fingerprint density at radius 1 is 1.00 bits per heavy atom. The molecule has 0 bridgehead atoms. The SMILES string of the molecule is CCOC(Cc1ccc(OCCN(CCC(C)(C)C)C(=O)Oc2ccc3c(c2)CCC3)cc1)C(=O)O. The smallest absolute Gasteiger partial charge is 0.415 e. The monoisotopic (exact) mass is 497 g/mol. The standard InChI is InChI=1S/C29H39NO6/c1-5-34-26(27(31)32)19-21-9-12-24(13-10-21)35-18-17-30(16-15-29(2,3)4)28(33)36-25-14-11-22-7-6-8-23(22)20-25/h9-14,20,26H,5-8,15-19H2,1-4H3,(H,31,32). The molecule has 0 aromatic heterocycles. The van der Waals surface area contributed by atoms with Crippen LogP contribution >= 0.6 is 0 Å². The zero-order valence-electron chi connectivity index (χ0n) is 21.9. The van der Waals surface area contributed by atoms with Gasteiger partial charge < -0.3 is 24.2 Å². The predicted octanol–water partition coefficient (Wildman–Crippen LogP) is 5.52. The van der Waals surface area contributed by atoms with E-state index in [9.17, 15) is 14.7 Å². The van der Waals surface area contributed by atoms with Crippen molar-refractivity contribution in [2.45, 2.75) is 65.9 Å². The van der Waals surface area contributed by atoms with E-state index >= 15 is 0 Å². The molecule has 7 nitrogen and oxygen atoms in total. The van der Waals surface area contributed by atoms with Crippen molar-refractivity contribution in [2.75, 3.05) is 26.3 Å². The Balaban J connectivity index is 1.56. The lowest BCUT2D eigenvalue weighted by atomic mass is 9.92. The summed E-state index contributed by atoms with van der Waals surface area (Å²) in [5.41, 5.74) is 3.55. The quantitative estimate of drug-likeness (QED) is 0.415. The summed E-state index contributed by atoms with van der Waals surface area (Å²) >= 11 is 0. The minimum atomic E-state index is -0.973. The van der Waals surface area contributed by atoms with E-state index in [1.54, 1.807) is 11.8 Å². The van der Waals surface area contributed by atoms with Crippen molar-refractivity contribution in [1.82, 2.24) is 4.90 Å². The van der Waals surface area contributed by atoms with Gasteiger partial charge in [-0.1, -0.05) is 39.0 Å². The molecule has 1 aliphatic carbocycles. The highest BCUT2D eigenvalue weighted by atomic mass is 16.6. The molecule has 0 aliphatic heterocycles. The van der Waals surface area contributed by atoms with E-state index in [-0.39, 0.29) is 11.5 Å². The minimum absolute atomic E-state index is 0.0814. The molecule has 7 heteroatoms. The molecule has 196 valence electrons. The Morgan fingerprint density at radius 3 is 2.36 bits per heavy atom. The summed E-state index contributed by atoms with van der Waals surface area (Å²) in [6.45, 7) is 9.86. The van der Waals surface area contributed by atoms with Crippen LogP contribution in [0.3, 0.4) is 0 Å². The van der Waals surface area contributed by atoms with Crippen molar-refractivity contribution >= 4 is 12.1 Å². The van der Waals surface area contributed by atoms with E-state index in [1.807, 2.05) is 36.4 Å². The molecule has 0 radical (unpaired) electrons. The summed E-state index contributed by atoms with van der Waals surface area (Å²) in [5, 5.41) is 9.27. The normalized spacial score (nSPS) is 13.7. The molecule has 0 saturated carbocycles. The highest BCUT2D eigenvalue weighted by Gasteiger charge is 2.21. The van der Waals surface area contributed by atoms with E-state index in [4.69, 9.17) is 14.2 Å². The number of aliphatic carboxylic acids is 1. The number of rotatable bonds is 12. The molecule has 1 N–H and O–H groups in total. The minimum Gasteiger partial charge on any atom is -0.492 e. The first kappa shape index (κ1) is 27.5. The van der Waals surface area contributed by atoms with E-state index in [0.717, 1.165) is 31.2 Å². The van der Waals surface area contributed by atoms with E-state index in [0.29, 0.717) is 44.2 Å². The van der Waals surface area contributed by atoms with E-state index in [1.165, 1.54) is 11.1 Å². The average Bonchev–Trinajstić information content (AvgIpc) is 3.29. The van der Waals surface area contributed by atoms with Crippen molar-refractivity contribution in [2.24, 2.45) is 5.41 Å². The Morgan fingerprint density at radius 2 is 1.69 bits per heavy atom. The lowest BCUT2D eigenvalue weighted by molar-refractivity contribution is -0.149. The van der Waals surface area contributed by atoms with Crippen LogP contribution in [0.4, 0.5) is 4.79 Å². The van der Waals surface area contributed by atoms with Crippen LogP contribution in [-0.2, 0) is 28.8 Å². The molecule has 1 atom stereocenters. The Hall–Kier alpha value is -3.06. The summed E-state index contributed by atoms with van der Waals surface area (Å²) in [7, 11) is 0. The largest absolute Gasteiger partial charge is 0.492 e. The Labute approximate surface area is 214 Å². The van der Waals surface area contributed by atoms with Gasteiger partial charge in [-0.3, -0.25) is 0 Å². The van der Waals surface area contributed by atoms with E-state index < -0.39 is 12.1 Å². The molecule has 2 aromatic carbocycles. The average molecular weight is 498 g/mol. The van der Waals surface area contributed by atoms with Gasteiger partial charge in [0, 0.05) is 19.6 Å².